The monoisotopic (exact) mass is 293 g/mol. The van der Waals surface area contributed by atoms with E-state index in [1.165, 1.54) is 17.4 Å². The van der Waals surface area contributed by atoms with Crippen LogP contribution >= 0.6 is 0 Å². The summed E-state index contributed by atoms with van der Waals surface area (Å²) >= 11 is 0. The second-order valence-corrected chi connectivity index (χ2v) is 7.47. The Hall–Kier alpha value is -1.33. The normalized spacial score (nSPS) is 24.1. The Morgan fingerprint density at radius 1 is 1.20 bits per heavy atom. The molecule has 0 spiro atoms. The fourth-order valence-corrected chi connectivity index (χ4v) is 3.94. The van der Waals surface area contributed by atoms with Crippen molar-refractivity contribution in [1.82, 2.24) is 4.31 Å². The van der Waals surface area contributed by atoms with Crippen LogP contribution in [0.15, 0.2) is 30.5 Å². The first-order valence-corrected chi connectivity index (χ1v) is 8.76. The molecule has 2 heterocycles. The molecule has 1 unspecified atom stereocenters. The Morgan fingerprint density at radius 3 is 2.60 bits per heavy atom. The van der Waals surface area contributed by atoms with Gasteiger partial charge in [0, 0.05) is 19.0 Å². The van der Waals surface area contributed by atoms with Crippen LogP contribution in [0.2, 0.25) is 0 Å². The van der Waals surface area contributed by atoms with Crippen molar-refractivity contribution < 1.29 is 13.2 Å². The number of rotatable bonds is 2. The second kappa shape index (κ2) is 5.22. The minimum absolute atomic E-state index is 0.0536. The predicted molar refractivity (Wildman–Crippen MR) is 78.4 cm³/mol. The molecule has 1 aromatic carbocycles. The lowest BCUT2D eigenvalue weighted by Gasteiger charge is -2.36. The van der Waals surface area contributed by atoms with Crippen molar-refractivity contribution in [3.8, 4) is 0 Å². The van der Waals surface area contributed by atoms with E-state index in [9.17, 15) is 8.42 Å². The smallest absolute Gasteiger partial charge is 0.211 e. The van der Waals surface area contributed by atoms with E-state index in [1.54, 1.807) is 10.6 Å². The number of ether oxygens (including phenoxy) is 1. The van der Waals surface area contributed by atoms with Crippen LogP contribution < -0.4 is 0 Å². The molecule has 0 bridgehead atoms. The fraction of sp³-hybridized carbons (Fsp3) is 0.467. The van der Waals surface area contributed by atoms with Crippen molar-refractivity contribution in [3.05, 3.63) is 41.7 Å². The molecule has 1 fully saturated rings. The Kier molecular flexibility index (Phi) is 3.56. The van der Waals surface area contributed by atoms with Crippen molar-refractivity contribution in [2.24, 2.45) is 5.92 Å². The molecule has 20 heavy (non-hydrogen) atoms. The van der Waals surface area contributed by atoms with Crippen LogP contribution in [0, 0.1) is 5.92 Å². The molecule has 1 saturated heterocycles. The lowest BCUT2D eigenvalue weighted by atomic mass is 9.85. The third-order valence-electron chi connectivity index (χ3n) is 4.17. The summed E-state index contributed by atoms with van der Waals surface area (Å²) in [4.78, 5) is 0. The van der Waals surface area contributed by atoms with E-state index in [0.717, 1.165) is 12.8 Å². The minimum atomic E-state index is -3.06. The molecule has 5 heteroatoms. The summed E-state index contributed by atoms with van der Waals surface area (Å²) in [5.74, 6) is 0.374. The van der Waals surface area contributed by atoms with Gasteiger partial charge >= 0.3 is 0 Å². The maximum absolute atomic E-state index is 11.6. The van der Waals surface area contributed by atoms with Gasteiger partial charge in [0.05, 0.1) is 12.5 Å². The molecule has 0 saturated carbocycles. The zero-order chi connectivity index (χ0) is 14.2. The number of nitrogens with zero attached hydrogens (tertiary/aromatic N) is 1. The first kappa shape index (κ1) is 13.6. The topological polar surface area (TPSA) is 46.6 Å². The van der Waals surface area contributed by atoms with Gasteiger partial charge in [0.1, 0.15) is 6.10 Å². The quantitative estimate of drug-likeness (QED) is 0.841. The number of hydrogen-bond acceptors (Lipinski definition) is 3. The highest BCUT2D eigenvalue weighted by molar-refractivity contribution is 7.88. The first-order valence-electron chi connectivity index (χ1n) is 6.92. The fourth-order valence-electron chi connectivity index (χ4n) is 3.07. The number of fused-ring (bicyclic) bond motifs is 1. The third kappa shape index (κ3) is 2.60. The van der Waals surface area contributed by atoms with Crippen LogP contribution in [0.3, 0.4) is 0 Å². The van der Waals surface area contributed by atoms with Crippen LogP contribution in [0.5, 0.6) is 0 Å². The average Bonchev–Trinajstić information content (AvgIpc) is 2.46. The second-order valence-electron chi connectivity index (χ2n) is 5.49. The van der Waals surface area contributed by atoms with Crippen LogP contribution in [-0.4, -0.2) is 32.1 Å². The Morgan fingerprint density at radius 2 is 1.90 bits per heavy atom. The molecule has 0 aromatic heterocycles. The van der Waals surface area contributed by atoms with E-state index in [4.69, 9.17) is 4.74 Å². The van der Waals surface area contributed by atoms with E-state index in [1.807, 2.05) is 18.2 Å². The van der Waals surface area contributed by atoms with Crippen molar-refractivity contribution in [2.45, 2.75) is 18.9 Å². The van der Waals surface area contributed by atoms with E-state index in [2.05, 4.69) is 12.1 Å². The largest absolute Gasteiger partial charge is 0.493 e. The summed E-state index contributed by atoms with van der Waals surface area (Å²) in [5, 5.41) is 0. The molecular weight excluding hydrogens is 274 g/mol. The molecule has 2 aliphatic heterocycles. The number of sulfonamides is 1. The molecule has 0 N–H and O–H groups in total. The summed E-state index contributed by atoms with van der Waals surface area (Å²) in [6.45, 7) is 1.19. The molecule has 1 aromatic rings. The molecule has 0 aliphatic carbocycles. The van der Waals surface area contributed by atoms with Gasteiger partial charge in [0.2, 0.25) is 10.0 Å². The van der Waals surface area contributed by atoms with E-state index < -0.39 is 10.0 Å². The third-order valence-corrected chi connectivity index (χ3v) is 5.47. The predicted octanol–water partition coefficient (Wildman–Crippen LogP) is 2.40. The lowest BCUT2D eigenvalue weighted by Crippen LogP contribution is -2.39. The van der Waals surface area contributed by atoms with Gasteiger partial charge in [-0.15, -0.1) is 0 Å². The Balaban J connectivity index is 1.75. The van der Waals surface area contributed by atoms with Gasteiger partial charge in [0.15, 0.2) is 0 Å². The molecule has 108 valence electrons. The number of benzene rings is 1. The van der Waals surface area contributed by atoms with Gasteiger partial charge in [-0.1, -0.05) is 24.3 Å². The van der Waals surface area contributed by atoms with Gasteiger partial charge in [-0.25, -0.2) is 12.7 Å². The molecular formula is C15H19NO3S. The van der Waals surface area contributed by atoms with Crippen molar-refractivity contribution in [1.29, 1.82) is 0 Å². The summed E-state index contributed by atoms with van der Waals surface area (Å²) in [6.07, 6.45) is 6.77. The lowest BCUT2D eigenvalue weighted by molar-refractivity contribution is 0.0573. The summed E-state index contributed by atoms with van der Waals surface area (Å²) in [6, 6.07) is 8.25. The maximum Gasteiger partial charge on any atom is 0.211 e. The van der Waals surface area contributed by atoms with Crippen LogP contribution in [-0.2, 0) is 14.8 Å². The van der Waals surface area contributed by atoms with Gasteiger partial charge in [-0.2, -0.15) is 0 Å². The molecule has 3 rings (SSSR count). The zero-order valence-corrected chi connectivity index (χ0v) is 12.3. The zero-order valence-electron chi connectivity index (χ0n) is 11.5. The number of hydrogen-bond donors (Lipinski definition) is 0. The van der Waals surface area contributed by atoms with E-state index >= 15 is 0 Å². The summed E-state index contributed by atoms with van der Waals surface area (Å²) in [7, 11) is -3.06. The number of piperidine rings is 1. The van der Waals surface area contributed by atoms with E-state index in [0.29, 0.717) is 19.0 Å². The molecule has 4 nitrogen and oxygen atoms in total. The van der Waals surface area contributed by atoms with Gasteiger partial charge in [0.25, 0.3) is 0 Å². The molecule has 2 aliphatic rings. The molecule has 1 atom stereocenters. The van der Waals surface area contributed by atoms with Crippen molar-refractivity contribution in [3.63, 3.8) is 0 Å². The van der Waals surface area contributed by atoms with Crippen LogP contribution in [0.25, 0.3) is 6.08 Å². The first-order chi connectivity index (χ1) is 9.55. The summed E-state index contributed by atoms with van der Waals surface area (Å²) in [5.41, 5.74) is 2.42. The van der Waals surface area contributed by atoms with E-state index in [-0.39, 0.29) is 6.10 Å². The highest BCUT2D eigenvalue weighted by atomic mass is 32.2. The van der Waals surface area contributed by atoms with Gasteiger partial charge in [-0.3, -0.25) is 0 Å². The Labute approximate surface area is 120 Å². The van der Waals surface area contributed by atoms with Gasteiger partial charge < -0.3 is 4.74 Å². The van der Waals surface area contributed by atoms with Crippen molar-refractivity contribution >= 4 is 16.1 Å². The SMILES string of the molecule is CS(=O)(=O)N1CCC(C2OC=Cc3ccccc32)CC1. The summed E-state index contributed by atoms with van der Waals surface area (Å²) < 4.78 is 30.5. The molecule has 0 radical (unpaired) electrons. The maximum atomic E-state index is 11.6. The van der Waals surface area contributed by atoms with Gasteiger partial charge in [-0.05, 0) is 30.0 Å². The highest BCUT2D eigenvalue weighted by Crippen LogP contribution is 2.38. The van der Waals surface area contributed by atoms with Crippen LogP contribution in [0.1, 0.15) is 30.1 Å². The van der Waals surface area contributed by atoms with Crippen LogP contribution in [0.4, 0.5) is 0 Å². The van der Waals surface area contributed by atoms with Crippen molar-refractivity contribution in [2.75, 3.05) is 19.3 Å². The minimum Gasteiger partial charge on any atom is -0.493 e. The average molecular weight is 293 g/mol. The molecule has 0 amide bonds. The highest BCUT2D eigenvalue weighted by Gasteiger charge is 2.33. The standard InChI is InChI=1S/C15H19NO3S/c1-20(17,18)16-9-6-13(7-10-16)15-14-5-3-2-4-12(14)8-11-19-15/h2-5,8,11,13,15H,6-7,9-10H2,1H3. The Bertz CT molecular complexity index is 616.